The summed E-state index contributed by atoms with van der Waals surface area (Å²) in [5, 5.41) is 13.8. The van der Waals surface area contributed by atoms with Crippen molar-refractivity contribution in [2.45, 2.75) is 24.5 Å². The summed E-state index contributed by atoms with van der Waals surface area (Å²) in [5.74, 6) is 0.362. The maximum Gasteiger partial charge on any atom is 0.290 e. The lowest BCUT2D eigenvalue weighted by Gasteiger charge is -2.29. The van der Waals surface area contributed by atoms with Gasteiger partial charge >= 0.3 is 0 Å². The highest BCUT2D eigenvalue weighted by atomic mass is 32.2. The Morgan fingerprint density at radius 3 is 2.86 bits per heavy atom. The van der Waals surface area contributed by atoms with E-state index in [2.05, 4.69) is 20.0 Å². The molecule has 11 nitrogen and oxygen atoms in total. The summed E-state index contributed by atoms with van der Waals surface area (Å²) in [5.41, 5.74) is 0.464. The Labute approximate surface area is 169 Å². The number of nitrogens with zero attached hydrogens (tertiary/aromatic N) is 3. The molecule has 1 amide bonds. The van der Waals surface area contributed by atoms with Gasteiger partial charge in [0.25, 0.3) is 6.47 Å². The van der Waals surface area contributed by atoms with Crippen LogP contribution >= 0.6 is 0 Å². The maximum absolute atomic E-state index is 12.3. The molecule has 0 aromatic carbocycles. The minimum atomic E-state index is -3.22. The van der Waals surface area contributed by atoms with Crippen molar-refractivity contribution in [3.05, 3.63) is 12.4 Å². The summed E-state index contributed by atoms with van der Waals surface area (Å²) >= 11 is 0. The standard InChI is InChI=1S/C16H25N5O4S.CH2O2/c1-20-7-11(5-17-20)19-15(22)9-21-8-13-12(6-18-26(2,23)24)14-3-4-16(13,10-21)25-14;2-1-3/h5,7,12-14,18H,3-4,6,8-10H2,1-2H3,(H,19,22);1H,(H,2,3)/t12-,13+,14+,16+;/m0./s1. The van der Waals surface area contributed by atoms with Gasteiger partial charge in [-0.25, -0.2) is 13.1 Å². The van der Waals surface area contributed by atoms with Crippen molar-refractivity contribution >= 4 is 28.1 Å². The summed E-state index contributed by atoms with van der Waals surface area (Å²) in [7, 11) is -1.42. The topological polar surface area (TPSA) is 143 Å². The van der Waals surface area contributed by atoms with E-state index in [-0.39, 0.29) is 35.9 Å². The molecule has 2 bridgehead atoms. The Morgan fingerprint density at radius 1 is 1.52 bits per heavy atom. The van der Waals surface area contributed by atoms with Gasteiger partial charge in [0, 0.05) is 44.7 Å². The molecule has 1 aromatic rings. The van der Waals surface area contributed by atoms with Gasteiger partial charge in [-0.3, -0.25) is 19.2 Å². The number of carboxylic acid groups (broad SMARTS) is 1. The largest absolute Gasteiger partial charge is 0.483 e. The van der Waals surface area contributed by atoms with Crippen molar-refractivity contribution in [1.29, 1.82) is 0 Å². The van der Waals surface area contributed by atoms with E-state index in [0.717, 1.165) is 25.9 Å². The molecule has 3 fully saturated rings. The molecule has 0 saturated carbocycles. The highest BCUT2D eigenvalue weighted by Gasteiger charge is 2.62. The van der Waals surface area contributed by atoms with Crippen molar-refractivity contribution in [1.82, 2.24) is 19.4 Å². The number of sulfonamides is 1. The van der Waals surface area contributed by atoms with E-state index < -0.39 is 10.0 Å². The molecule has 4 rings (SSSR count). The number of hydrogen-bond donors (Lipinski definition) is 3. The monoisotopic (exact) mass is 429 g/mol. The number of aryl methyl sites for hydroxylation is 1. The summed E-state index contributed by atoms with van der Waals surface area (Å²) in [4.78, 5) is 22.8. The fourth-order valence-corrected chi connectivity index (χ4v) is 5.31. The van der Waals surface area contributed by atoms with Crippen LogP contribution in [-0.4, -0.2) is 84.7 Å². The first-order valence-electron chi connectivity index (χ1n) is 9.37. The van der Waals surface area contributed by atoms with Gasteiger partial charge in [0.1, 0.15) is 0 Å². The lowest BCUT2D eigenvalue weighted by Crippen LogP contribution is -2.41. The fraction of sp³-hybridized carbons (Fsp3) is 0.706. The average Bonchev–Trinajstić information content (AvgIpc) is 3.33. The SMILES string of the molecule is Cn1cc(NC(=O)CN2C[C@@H]3[C@H](CNS(C)(=O)=O)[C@H]4CC[C@]3(C2)O4)cn1.O=CO. The zero-order valence-corrected chi connectivity index (χ0v) is 17.3. The van der Waals surface area contributed by atoms with E-state index in [1.165, 1.54) is 6.26 Å². The van der Waals surface area contributed by atoms with Gasteiger partial charge in [0.2, 0.25) is 15.9 Å². The molecule has 3 saturated heterocycles. The van der Waals surface area contributed by atoms with Crippen LogP contribution in [0.4, 0.5) is 5.69 Å². The number of carbonyl (C=O) groups excluding carboxylic acids is 1. The van der Waals surface area contributed by atoms with Crippen LogP contribution < -0.4 is 10.0 Å². The number of hydrogen-bond acceptors (Lipinski definition) is 7. The van der Waals surface area contributed by atoms with Crippen LogP contribution in [0.25, 0.3) is 0 Å². The Kier molecular flexibility index (Phi) is 6.27. The van der Waals surface area contributed by atoms with Gasteiger partial charge in [-0.1, -0.05) is 0 Å². The molecular formula is C17H27N5O6S. The molecule has 4 heterocycles. The Bertz CT molecular complexity index is 858. The second kappa shape index (κ2) is 8.38. The summed E-state index contributed by atoms with van der Waals surface area (Å²) in [6, 6.07) is 0. The van der Waals surface area contributed by atoms with Gasteiger partial charge < -0.3 is 15.2 Å². The molecule has 29 heavy (non-hydrogen) atoms. The van der Waals surface area contributed by atoms with Crippen molar-refractivity contribution in [3.8, 4) is 0 Å². The first kappa shape index (κ1) is 21.7. The molecule has 3 N–H and O–H groups in total. The van der Waals surface area contributed by atoms with E-state index in [1.54, 1.807) is 24.1 Å². The van der Waals surface area contributed by atoms with Gasteiger partial charge in [-0.2, -0.15) is 5.10 Å². The van der Waals surface area contributed by atoms with Crippen molar-refractivity contribution < 1.29 is 27.9 Å². The van der Waals surface area contributed by atoms with Crippen molar-refractivity contribution in [3.63, 3.8) is 0 Å². The third-order valence-corrected chi connectivity index (χ3v) is 6.48. The first-order valence-corrected chi connectivity index (χ1v) is 11.3. The second-order valence-electron chi connectivity index (χ2n) is 7.88. The van der Waals surface area contributed by atoms with Gasteiger partial charge in [-0.15, -0.1) is 0 Å². The fourth-order valence-electron chi connectivity index (χ4n) is 4.82. The normalized spacial score (nSPS) is 30.5. The quantitative estimate of drug-likeness (QED) is 0.493. The van der Waals surface area contributed by atoms with E-state index in [9.17, 15) is 13.2 Å². The molecule has 0 aliphatic carbocycles. The predicted octanol–water partition coefficient (Wildman–Crippen LogP) is -0.912. The van der Waals surface area contributed by atoms with Crippen molar-refractivity contribution in [2.75, 3.05) is 37.8 Å². The number of likely N-dealkylation sites (tertiary alicyclic amines) is 1. The summed E-state index contributed by atoms with van der Waals surface area (Å²) in [6.45, 7) is 1.94. The second-order valence-corrected chi connectivity index (χ2v) is 9.71. The smallest absolute Gasteiger partial charge is 0.290 e. The zero-order valence-electron chi connectivity index (χ0n) is 16.4. The first-order chi connectivity index (χ1) is 13.7. The van der Waals surface area contributed by atoms with Crippen LogP contribution in [0.15, 0.2) is 12.4 Å². The average molecular weight is 429 g/mol. The van der Waals surface area contributed by atoms with E-state index in [1.807, 2.05) is 0 Å². The van der Waals surface area contributed by atoms with Crippen LogP contribution in [0.2, 0.25) is 0 Å². The van der Waals surface area contributed by atoms with Crippen LogP contribution in [0.1, 0.15) is 12.8 Å². The Morgan fingerprint density at radius 2 is 2.24 bits per heavy atom. The Balaban J connectivity index is 0.000000755. The third-order valence-electron chi connectivity index (χ3n) is 5.79. The number of carbonyl (C=O) groups is 2. The molecule has 162 valence electrons. The lowest BCUT2D eigenvalue weighted by atomic mass is 9.74. The molecule has 0 radical (unpaired) electrons. The van der Waals surface area contributed by atoms with Gasteiger partial charge in [-0.05, 0) is 12.8 Å². The van der Waals surface area contributed by atoms with E-state index in [4.69, 9.17) is 14.6 Å². The van der Waals surface area contributed by atoms with Crippen LogP contribution in [-0.2, 0) is 31.4 Å². The maximum atomic E-state index is 12.3. The van der Waals surface area contributed by atoms with E-state index >= 15 is 0 Å². The van der Waals surface area contributed by atoms with Gasteiger partial charge in [0.05, 0.1) is 36.4 Å². The van der Waals surface area contributed by atoms with Crippen LogP contribution in [0, 0.1) is 11.8 Å². The number of fused-ring (bicyclic) bond motifs is 1. The molecule has 3 aliphatic rings. The number of nitrogens with one attached hydrogen (secondary N) is 2. The molecule has 4 atom stereocenters. The zero-order chi connectivity index (χ0) is 21.2. The lowest BCUT2D eigenvalue weighted by molar-refractivity contribution is -0.123. The number of anilines is 1. The Hall–Kier alpha value is -2.02. The number of rotatable bonds is 6. The summed E-state index contributed by atoms with van der Waals surface area (Å²) < 4.78 is 33.4. The minimum absolute atomic E-state index is 0.0743. The van der Waals surface area contributed by atoms with E-state index in [0.29, 0.717) is 18.8 Å². The number of amides is 1. The van der Waals surface area contributed by atoms with Gasteiger partial charge in [0.15, 0.2) is 0 Å². The molecule has 3 aliphatic heterocycles. The summed E-state index contributed by atoms with van der Waals surface area (Å²) in [6.07, 6.45) is 6.63. The highest BCUT2D eigenvalue weighted by Crippen LogP contribution is 2.54. The molecule has 12 heteroatoms. The molecule has 1 spiro atoms. The van der Waals surface area contributed by atoms with Crippen LogP contribution in [0.5, 0.6) is 0 Å². The number of aromatic nitrogens is 2. The predicted molar refractivity (Wildman–Crippen MR) is 104 cm³/mol. The minimum Gasteiger partial charge on any atom is -0.483 e. The van der Waals surface area contributed by atoms with Crippen molar-refractivity contribution in [2.24, 2.45) is 18.9 Å². The third kappa shape index (κ3) is 4.94. The molecule has 1 aromatic heterocycles. The van der Waals surface area contributed by atoms with Crippen LogP contribution in [0.3, 0.4) is 0 Å². The highest BCUT2D eigenvalue weighted by molar-refractivity contribution is 7.88. The molecule has 0 unspecified atom stereocenters. The number of ether oxygens (including phenoxy) is 1. The molecular weight excluding hydrogens is 402 g/mol.